The number of nitrogens with zero attached hydrogens (tertiary/aromatic N) is 4. The summed E-state index contributed by atoms with van der Waals surface area (Å²) < 4.78 is 80.6. The first-order valence-corrected chi connectivity index (χ1v) is 11.5. The monoisotopic (exact) mass is 532 g/mol. The number of hydrogen-bond donors (Lipinski definition) is 2. The first-order chi connectivity index (χ1) is 16.9. The third-order valence-corrected chi connectivity index (χ3v) is 6.74. The highest BCUT2D eigenvalue weighted by Gasteiger charge is 2.44. The van der Waals surface area contributed by atoms with Crippen molar-refractivity contribution in [1.29, 1.82) is 0 Å². The summed E-state index contributed by atoms with van der Waals surface area (Å²) in [5, 5.41) is 4.06. The number of benzene rings is 1. The normalized spacial score (nSPS) is 21.0. The molecule has 0 bridgehead atoms. The van der Waals surface area contributed by atoms with Crippen molar-refractivity contribution < 1.29 is 31.1 Å². The van der Waals surface area contributed by atoms with Crippen molar-refractivity contribution in [3.63, 3.8) is 0 Å². The van der Waals surface area contributed by atoms with Gasteiger partial charge < -0.3 is 15.2 Å². The zero-order chi connectivity index (χ0) is 25.8. The summed E-state index contributed by atoms with van der Waals surface area (Å²) >= 11 is 6.16. The minimum absolute atomic E-state index is 0.0318. The van der Waals surface area contributed by atoms with Crippen molar-refractivity contribution in [2.45, 2.75) is 44.1 Å². The molecule has 14 heteroatoms. The molecule has 36 heavy (non-hydrogen) atoms. The molecule has 1 aromatic carbocycles. The van der Waals surface area contributed by atoms with Crippen LogP contribution >= 0.6 is 11.6 Å². The van der Waals surface area contributed by atoms with E-state index in [1.807, 2.05) is 0 Å². The van der Waals surface area contributed by atoms with Crippen molar-refractivity contribution >= 4 is 34.4 Å². The maximum atomic E-state index is 13.4. The van der Waals surface area contributed by atoms with Crippen molar-refractivity contribution in [2.24, 2.45) is 5.92 Å². The molecule has 0 saturated carbocycles. The Morgan fingerprint density at radius 3 is 2.39 bits per heavy atom. The molecule has 3 aromatic rings. The van der Waals surface area contributed by atoms with Crippen molar-refractivity contribution in [3.05, 3.63) is 46.1 Å². The minimum Gasteiger partial charge on any atom is -0.356 e. The predicted octanol–water partition coefficient (Wildman–Crippen LogP) is 5.06. The number of halogens is 7. The van der Waals surface area contributed by atoms with E-state index in [0.29, 0.717) is 35.6 Å². The molecular formula is C22H19ClF6N6O. The number of nitrogens with one attached hydrogen (secondary N) is 2. The van der Waals surface area contributed by atoms with E-state index in [0.717, 1.165) is 10.9 Å². The Balaban J connectivity index is 1.65. The Morgan fingerprint density at radius 2 is 1.75 bits per heavy atom. The number of carbonyl (C=O) groups excluding carboxylic acids is 1. The number of rotatable bonds is 3. The van der Waals surface area contributed by atoms with E-state index in [2.05, 4.69) is 25.3 Å². The summed E-state index contributed by atoms with van der Waals surface area (Å²) in [6.45, 7) is 0.543. The quantitative estimate of drug-likeness (QED) is 0.460. The fourth-order valence-corrected chi connectivity index (χ4v) is 5.07. The maximum absolute atomic E-state index is 13.4. The lowest BCUT2D eigenvalue weighted by Crippen LogP contribution is -2.42. The van der Waals surface area contributed by atoms with E-state index < -0.39 is 41.9 Å². The highest BCUT2D eigenvalue weighted by Crippen LogP contribution is 2.42. The summed E-state index contributed by atoms with van der Waals surface area (Å²) in [5.41, 5.74) is 2.14. The van der Waals surface area contributed by atoms with Crippen LogP contribution in [0.4, 0.5) is 32.3 Å². The van der Waals surface area contributed by atoms with Gasteiger partial charge >= 0.3 is 12.4 Å². The second-order valence-corrected chi connectivity index (χ2v) is 9.25. The largest absolute Gasteiger partial charge is 0.451 e. The molecule has 5 rings (SSSR count). The van der Waals surface area contributed by atoms with Crippen LogP contribution in [-0.2, 0) is 23.6 Å². The Hall–Kier alpha value is -3.09. The van der Waals surface area contributed by atoms with Crippen LogP contribution in [0.15, 0.2) is 18.2 Å². The fraction of sp³-hybridized carbons (Fsp3) is 0.455. The van der Waals surface area contributed by atoms with Crippen molar-refractivity contribution in [2.75, 3.05) is 18.0 Å². The number of alkyl halides is 6. The van der Waals surface area contributed by atoms with Crippen LogP contribution in [0.1, 0.15) is 48.2 Å². The highest BCUT2D eigenvalue weighted by atomic mass is 35.5. The lowest BCUT2D eigenvalue weighted by molar-refractivity contribution is -0.155. The van der Waals surface area contributed by atoms with E-state index in [1.165, 1.54) is 4.90 Å². The average Bonchev–Trinajstić information content (AvgIpc) is 3.17. The third kappa shape index (κ3) is 4.56. The van der Waals surface area contributed by atoms with Gasteiger partial charge in [-0.25, -0.2) is 4.98 Å². The minimum atomic E-state index is -5.21. The van der Waals surface area contributed by atoms with Crippen LogP contribution in [-0.4, -0.2) is 38.9 Å². The number of aromatic amines is 1. The molecule has 4 heterocycles. The van der Waals surface area contributed by atoms with Gasteiger partial charge in [0.25, 0.3) is 0 Å². The second kappa shape index (κ2) is 8.79. The van der Waals surface area contributed by atoms with Crippen molar-refractivity contribution in [1.82, 2.24) is 25.3 Å². The van der Waals surface area contributed by atoms with Gasteiger partial charge in [-0.05, 0) is 49.4 Å². The first kappa shape index (κ1) is 24.6. The van der Waals surface area contributed by atoms with Gasteiger partial charge in [-0.2, -0.15) is 36.3 Å². The van der Waals surface area contributed by atoms with Crippen LogP contribution < -0.4 is 10.2 Å². The van der Waals surface area contributed by atoms with Gasteiger partial charge in [-0.1, -0.05) is 11.6 Å². The second-order valence-electron chi connectivity index (χ2n) is 8.81. The maximum Gasteiger partial charge on any atom is 0.451 e. The van der Waals surface area contributed by atoms with Gasteiger partial charge in [0.05, 0.1) is 6.04 Å². The van der Waals surface area contributed by atoms with E-state index in [1.54, 1.807) is 18.2 Å². The molecule has 2 aromatic heterocycles. The van der Waals surface area contributed by atoms with Crippen LogP contribution in [0.25, 0.3) is 10.9 Å². The van der Waals surface area contributed by atoms with Gasteiger partial charge in [-0.3, -0.25) is 4.79 Å². The van der Waals surface area contributed by atoms with Crippen LogP contribution in [0, 0.1) is 5.92 Å². The number of fused-ring (bicyclic) bond motifs is 3. The standard InChI is InChI=1S/C22H19ClF6N6O/c23-11-3-4-14-13(9-11)12-5-7-35(15(16(12)31-14)8-10-2-1-6-30-17(10)36)20-33-18(21(24,25)26)32-19(34-20)22(27,28)29/h3-4,9-10,15,31H,1-2,5-8H2,(H,30,36)/t10-,15-/m0/s1. The number of anilines is 1. The van der Waals surface area contributed by atoms with Gasteiger partial charge in [0.15, 0.2) is 0 Å². The third-order valence-electron chi connectivity index (χ3n) is 6.51. The van der Waals surface area contributed by atoms with E-state index >= 15 is 0 Å². The van der Waals surface area contributed by atoms with Gasteiger partial charge in [0.1, 0.15) is 0 Å². The number of H-pyrrole nitrogens is 1. The first-order valence-electron chi connectivity index (χ1n) is 11.2. The number of piperidine rings is 1. The molecule has 0 radical (unpaired) electrons. The van der Waals surface area contributed by atoms with E-state index in [4.69, 9.17) is 11.6 Å². The van der Waals surface area contributed by atoms with Crippen LogP contribution in [0.3, 0.4) is 0 Å². The molecule has 2 N–H and O–H groups in total. The molecule has 192 valence electrons. The zero-order valence-corrected chi connectivity index (χ0v) is 19.2. The fourth-order valence-electron chi connectivity index (χ4n) is 4.90. The molecule has 0 spiro atoms. The smallest absolute Gasteiger partial charge is 0.356 e. The lowest BCUT2D eigenvalue weighted by Gasteiger charge is -2.38. The summed E-state index contributed by atoms with van der Waals surface area (Å²) in [7, 11) is 0. The van der Waals surface area contributed by atoms with Crippen molar-refractivity contribution in [3.8, 4) is 0 Å². The summed E-state index contributed by atoms with van der Waals surface area (Å²) in [6.07, 6.45) is -8.74. The molecule has 1 saturated heterocycles. The van der Waals surface area contributed by atoms with E-state index in [9.17, 15) is 31.1 Å². The molecular weight excluding hydrogens is 514 g/mol. The van der Waals surface area contributed by atoms with Crippen LogP contribution in [0.2, 0.25) is 5.02 Å². The van der Waals surface area contributed by atoms with E-state index in [-0.39, 0.29) is 25.3 Å². The molecule has 1 amide bonds. The molecule has 2 aliphatic heterocycles. The Labute approximate surface area is 205 Å². The Kier molecular flexibility index (Phi) is 6.00. The molecule has 0 unspecified atom stereocenters. The van der Waals surface area contributed by atoms with Gasteiger partial charge in [0.2, 0.25) is 23.5 Å². The Morgan fingerprint density at radius 1 is 1.06 bits per heavy atom. The summed E-state index contributed by atoms with van der Waals surface area (Å²) in [4.78, 5) is 26.5. The molecule has 2 aliphatic rings. The number of amides is 1. The number of hydrogen-bond acceptors (Lipinski definition) is 5. The number of aromatic nitrogens is 4. The summed E-state index contributed by atoms with van der Waals surface area (Å²) in [5.74, 6) is -5.30. The topological polar surface area (TPSA) is 86.8 Å². The van der Waals surface area contributed by atoms with Gasteiger partial charge in [-0.15, -0.1) is 0 Å². The Bertz CT molecular complexity index is 1290. The SMILES string of the molecule is O=C1NCCC[C@H]1C[C@H]1c2[nH]c3ccc(Cl)cc3c2CCN1c1nc(C(F)(F)F)nc(C(F)(F)F)n1. The highest BCUT2D eigenvalue weighted by molar-refractivity contribution is 6.31. The molecule has 2 atom stereocenters. The van der Waals surface area contributed by atoms with Crippen LogP contribution in [0.5, 0.6) is 0 Å². The predicted molar refractivity (Wildman–Crippen MR) is 117 cm³/mol. The van der Waals surface area contributed by atoms with Gasteiger partial charge in [0, 0.05) is 40.6 Å². The summed E-state index contributed by atoms with van der Waals surface area (Å²) in [6, 6.07) is 4.39. The number of carbonyl (C=O) groups is 1. The lowest BCUT2D eigenvalue weighted by atomic mass is 9.86. The average molecular weight is 533 g/mol. The molecule has 0 aliphatic carbocycles. The molecule has 1 fully saturated rings. The zero-order valence-electron chi connectivity index (χ0n) is 18.5. The molecule has 7 nitrogen and oxygen atoms in total.